The highest BCUT2D eigenvalue weighted by Crippen LogP contribution is 2.36. The second-order valence-electron chi connectivity index (χ2n) is 5.35. The van der Waals surface area contributed by atoms with E-state index in [1.54, 1.807) is 7.11 Å². The zero-order valence-corrected chi connectivity index (χ0v) is 11.5. The van der Waals surface area contributed by atoms with Gasteiger partial charge in [0.25, 0.3) is 0 Å². The Morgan fingerprint density at radius 1 is 1.15 bits per heavy atom. The van der Waals surface area contributed by atoms with E-state index in [0.717, 1.165) is 30.6 Å². The molecule has 0 aromatic heterocycles. The second-order valence-corrected chi connectivity index (χ2v) is 5.35. The molecule has 20 heavy (non-hydrogen) atoms. The van der Waals surface area contributed by atoms with Gasteiger partial charge in [-0.15, -0.1) is 0 Å². The fraction of sp³-hybridized carbons (Fsp3) is 0.294. The quantitative estimate of drug-likeness (QED) is 0.845. The van der Waals surface area contributed by atoms with E-state index in [1.165, 1.54) is 23.3 Å². The number of anilines is 1. The highest BCUT2D eigenvalue weighted by molar-refractivity contribution is 5.50. The summed E-state index contributed by atoms with van der Waals surface area (Å²) in [6.45, 7) is 0. The molecule has 2 N–H and O–H groups in total. The normalized spacial score (nSPS) is 17.6. The predicted octanol–water partition coefficient (Wildman–Crippen LogP) is 3.69. The van der Waals surface area contributed by atoms with E-state index in [1.807, 2.05) is 12.1 Å². The van der Waals surface area contributed by atoms with Crippen molar-refractivity contribution in [3.8, 4) is 5.75 Å². The number of nitrogen functional groups attached to an aromatic ring is 1. The van der Waals surface area contributed by atoms with Crippen LogP contribution in [0.3, 0.4) is 0 Å². The summed E-state index contributed by atoms with van der Waals surface area (Å²) in [4.78, 5) is 0. The minimum atomic E-state index is -0.271. The number of benzene rings is 2. The molecular formula is C17H18FNO. The van der Waals surface area contributed by atoms with Crippen molar-refractivity contribution < 1.29 is 9.13 Å². The number of nitrogens with two attached hydrogens (primary N) is 1. The number of aryl methyl sites for hydroxylation is 1. The van der Waals surface area contributed by atoms with Gasteiger partial charge in [-0.2, -0.15) is 0 Å². The molecule has 3 rings (SSSR count). The SMILES string of the molecule is COc1ccc2c(c1)CCC(c1ccc(F)cc1N)C2. The largest absolute Gasteiger partial charge is 0.497 e. The molecule has 0 amide bonds. The first-order chi connectivity index (χ1) is 9.67. The third-order valence-corrected chi connectivity index (χ3v) is 4.13. The van der Waals surface area contributed by atoms with Gasteiger partial charge >= 0.3 is 0 Å². The summed E-state index contributed by atoms with van der Waals surface area (Å²) >= 11 is 0. The first-order valence-electron chi connectivity index (χ1n) is 6.88. The molecule has 1 unspecified atom stereocenters. The van der Waals surface area contributed by atoms with Crippen LogP contribution in [0.15, 0.2) is 36.4 Å². The predicted molar refractivity (Wildman–Crippen MR) is 78.6 cm³/mol. The molecular weight excluding hydrogens is 253 g/mol. The van der Waals surface area contributed by atoms with Crippen molar-refractivity contribution in [2.24, 2.45) is 0 Å². The number of fused-ring (bicyclic) bond motifs is 1. The van der Waals surface area contributed by atoms with Crippen molar-refractivity contribution in [3.63, 3.8) is 0 Å². The van der Waals surface area contributed by atoms with Gasteiger partial charge in [0.05, 0.1) is 7.11 Å². The number of ether oxygens (including phenoxy) is 1. The van der Waals surface area contributed by atoms with Crippen LogP contribution in [-0.4, -0.2) is 7.11 Å². The van der Waals surface area contributed by atoms with Gasteiger partial charge in [-0.25, -0.2) is 4.39 Å². The first kappa shape index (κ1) is 13.0. The van der Waals surface area contributed by atoms with Crippen LogP contribution in [0, 0.1) is 5.82 Å². The summed E-state index contributed by atoms with van der Waals surface area (Å²) in [6, 6.07) is 11.0. The van der Waals surface area contributed by atoms with Crippen molar-refractivity contribution in [1.82, 2.24) is 0 Å². The standard InChI is InChI=1S/C17H18FNO/c1-20-15-6-4-11-8-13(3-2-12(11)9-15)16-7-5-14(18)10-17(16)19/h4-7,9-10,13H,2-3,8,19H2,1H3. The summed E-state index contributed by atoms with van der Waals surface area (Å²) in [5.41, 5.74) is 10.3. The maximum Gasteiger partial charge on any atom is 0.125 e. The molecule has 2 aromatic rings. The van der Waals surface area contributed by atoms with E-state index >= 15 is 0 Å². The minimum Gasteiger partial charge on any atom is -0.497 e. The van der Waals surface area contributed by atoms with Gasteiger partial charge in [-0.05, 0) is 66.1 Å². The van der Waals surface area contributed by atoms with Crippen LogP contribution in [-0.2, 0) is 12.8 Å². The van der Waals surface area contributed by atoms with Gasteiger partial charge in [0.1, 0.15) is 11.6 Å². The zero-order chi connectivity index (χ0) is 14.1. The van der Waals surface area contributed by atoms with Gasteiger partial charge in [-0.1, -0.05) is 12.1 Å². The topological polar surface area (TPSA) is 35.2 Å². The molecule has 0 fully saturated rings. The molecule has 1 atom stereocenters. The Kier molecular flexibility index (Phi) is 3.35. The summed E-state index contributed by atoms with van der Waals surface area (Å²) in [5, 5.41) is 0. The number of methoxy groups -OCH3 is 1. The van der Waals surface area contributed by atoms with Crippen molar-refractivity contribution >= 4 is 5.69 Å². The van der Waals surface area contributed by atoms with Crippen LogP contribution in [0.25, 0.3) is 0 Å². The van der Waals surface area contributed by atoms with E-state index < -0.39 is 0 Å². The average molecular weight is 271 g/mol. The molecule has 0 saturated carbocycles. The first-order valence-corrected chi connectivity index (χ1v) is 6.88. The molecule has 3 heteroatoms. The van der Waals surface area contributed by atoms with E-state index in [9.17, 15) is 4.39 Å². The highest BCUT2D eigenvalue weighted by atomic mass is 19.1. The van der Waals surface area contributed by atoms with E-state index in [-0.39, 0.29) is 5.82 Å². The number of halogens is 1. The smallest absolute Gasteiger partial charge is 0.125 e. The third kappa shape index (κ3) is 2.36. The molecule has 2 nitrogen and oxygen atoms in total. The highest BCUT2D eigenvalue weighted by Gasteiger charge is 2.22. The summed E-state index contributed by atoms with van der Waals surface area (Å²) in [5.74, 6) is 1.01. The second kappa shape index (κ2) is 5.16. The van der Waals surface area contributed by atoms with Crippen molar-refractivity contribution in [1.29, 1.82) is 0 Å². The van der Waals surface area contributed by atoms with E-state index in [4.69, 9.17) is 10.5 Å². The van der Waals surface area contributed by atoms with E-state index in [0.29, 0.717) is 11.6 Å². The van der Waals surface area contributed by atoms with Crippen LogP contribution in [0.4, 0.5) is 10.1 Å². The van der Waals surface area contributed by atoms with Gasteiger partial charge < -0.3 is 10.5 Å². The van der Waals surface area contributed by atoms with Gasteiger partial charge in [-0.3, -0.25) is 0 Å². The molecule has 104 valence electrons. The van der Waals surface area contributed by atoms with E-state index in [2.05, 4.69) is 12.1 Å². The van der Waals surface area contributed by atoms with Crippen molar-refractivity contribution in [3.05, 3.63) is 58.9 Å². The summed E-state index contributed by atoms with van der Waals surface area (Å²) < 4.78 is 18.4. The molecule has 0 heterocycles. The average Bonchev–Trinajstić information content (AvgIpc) is 2.46. The Bertz CT molecular complexity index is 639. The van der Waals surface area contributed by atoms with Crippen LogP contribution in [0.2, 0.25) is 0 Å². The molecule has 0 aliphatic heterocycles. The molecule has 0 spiro atoms. The van der Waals surface area contributed by atoms with Crippen molar-refractivity contribution in [2.45, 2.75) is 25.2 Å². The Balaban J connectivity index is 1.88. The Hall–Kier alpha value is -2.03. The Labute approximate surface area is 118 Å². The van der Waals surface area contributed by atoms with Crippen LogP contribution >= 0.6 is 0 Å². The molecule has 0 radical (unpaired) electrons. The molecule has 1 aliphatic carbocycles. The maximum atomic E-state index is 13.1. The van der Waals surface area contributed by atoms with Crippen molar-refractivity contribution in [2.75, 3.05) is 12.8 Å². The van der Waals surface area contributed by atoms with Gasteiger partial charge in [0.15, 0.2) is 0 Å². The number of rotatable bonds is 2. The lowest BCUT2D eigenvalue weighted by Crippen LogP contribution is -2.14. The fourth-order valence-electron chi connectivity index (χ4n) is 3.04. The number of hydrogen-bond donors (Lipinski definition) is 1. The molecule has 0 saturated heterocycles. The molecule has 2 aromatic carbocycles. The number of hydrogen-bond acceptors (Lipinski definition) is 2. The summed E-state index contributed by atoms with van der Waals surface area (Å²) in [6.07, 6.45) is 3.00. The molecule has 1 aliphatic rings. The monoisotopic (exact) mass is 271 g/mol. The van der Waals surface area contributed by atoms with Crippen LogP contribution in [0.5, 0.6) is 5.75 Å². The van der Waals surface area contributed by atoms with Crippen LogP contribution in [0.1, 0.15) is 29.0 Å². The lowest BCUT2D eigenvalue weighted by Gasteiger charge is -2.26. The zero-order valence-electron chi connectivity index (χ0n) is 11.5. The van der Waals surface area contributed by atoms with Crippen LogP contribution < -0.4 is 10.5 Å². The lowest BCUT2D eigenvalue weighted by atomic mass is 9.79. The summed E-state index contributed by atoms with van der Waals surface area (Å²) in [7, 11) is 1.69. The Morgan fingerprint density at radius 2 is 2.00 bits per heavy atom. The van der Waals surface area contributed by atoms with Gasteiger partial charge in [0, 0.05) is 5.69 Å². The third-order valence-electron chi connectivity index (χ3n) is 4.13. The maximum absolute atomic E-state index is 13.1. The fourth-order valence-corrected chi connectivity index (χ4v) is 3.04. The Morgan fingerprint density at radius 3 is 2.75 bits per heavy atom. The molecule has 0 bridgehead atoms. The van der Waals surface area contributed by atoms with Gasteiger partial charge in [0.2, 0.25) is 0 Å². The lowest BCUT2D eigenvalue weighted by molar-refractivity contribution is 0.413. The minimum absolute atomic E-state index is 0.271.